The number of benzene rings is 1. The number of likely N-dealkylation sites (tertiary alicyclic amines) is 1. The Bertz CT molecular complexity index is 631. The molecule has 2 rings (SSSR count). The summed E-state index contributed by atoms with van der Waals surface area (Å²) in [6, 6.07) is 8.80. The summed E-state index contributed by atoms with van der Waals surface area (Å²) in [5.74, 6) is 0.651. The lowest BCUT2D eigenvalue weighted by Gasteiger charge is -2.33. The van der Waals surface area contributed by atoms with E-state index in [2.05, 4.69) is 51.7 Å². The number of aryl methyl sites for hydroxylation is 1. The number of rotatable bonds is 7. The van der Waals surface area contributed by atoms with Crippen LogP contribution in [0.1, 0.15) is 24.0 Å². The van der Waals surface area contributed by atoms with Gasteiger partial charge in [-0.15, -0.1) is 24.0 Å². The fourth-order valence-corrected chi connectivity index (χ4v) is 3.40. The number of alkyl halides is 3. The summed E-state index contributed by atoms with van der Waals surface area (Å²) >= 11 is 0. The number of aliphatic imine (C=N–C) groups is 1. The van der Waals surface area contributed by atoms with Crippen LogP contribution in [0.5, 0.6) is 0 Å². The van der Waals surface area contributed by atoms with Gasteiger partial charge in [-0.2, -0.15) is 13.2 Å². The van der Waals surface area contributed by atoms with Crippen LogP contribution < -0.4 is 10.6 Å². The molecule has 0 radical (unpaired) electrons. The summed E-state index contributed by atoms with van der Waals surface area (Å²) in [4.78, 5) is 7.91. The Kier molecular flexibility index (Phi) is 11.3. The van der Waals surface area contributed by atoms with Crippen LogP contribution in [0.25, 0.3) is 0 Å². The van der Waals surface area contributed by atoms with Crippen molar-refractivity contribution in [1.29, 1.82) is 0 Å². The number of hydrogen-bond donors (Lipinski definition) is 2. The molecule has 0 saturated carbocycles. The molecule has 0 amide bonds. The lowest BCUT2D eigenvalue weighted by atomic mass is 10.0. The van der Waals surface area contributed by atoms with Gasteiger partial charge in [-0.3, -0.25) is 14.8 Å². The minimum atomic E-state index is -4.17. The molecule has 29 heavy (non-hydrogen) atoms. The zero-order valence-corrected chi connectivity index (χ0v) is 19.8. The molecule has 1 fully saturated rings. The van der Waals surface area contributed by atoms with Crippen molar-refractivity contribution in [3.63, 3.8) is 0 Å². The van der Waals surface area contributed by atoms with Crippen LogP contribution in [-0.4, -0.2) is 74.8 Å². The van der Waals surface area contributed by atoms with E-state index in [4.69, 9.17) is 0 Å². The van der Waals surface area contributed by atoms with Gasteiger partial charge in [-0.25, -0.2) is 0 Å². The van der Waals surface area contributed by atoms with Gasteiger partial charge in [-0.1, -0.05) is 24.3 Å². The topological polar surface area (TPSA) is 42.9 Å². The van der Waals surface area contributed by atoms with Crippen molar-refractivity contribution in [2.75, 3.05) is 46.8 Å². The molecule has 0 bridgehead atoms. The standard InChI is InChI=1S/C20H32F3N5.HI/c1-16-6-4-5-7-17(16)14-28-11-8-18(9-12-28)26-19(24-2)25-10-13-27(3)15-20(21,22)23;/h4-7,18H,8-15H2,1-3H3,(H2,24,25,26);1H. The summed E-state index contributed by atoms with van der Waals surface area (Å²) in [6.07, 6.45) is -2.14. The van der Waals surface area contributed by atoms with E-state index in [9.17, 15) is 13.2 Å². The van der Waals surface area contributed by atoms with Crippen LogP contribution in [0, 0.1) is 6.92 Å². The summed E-state index contributed by atoms with van der Waals surface area (Å²) in [6.45, 7) is 4.95. The molecule has 1 aliphatic heterocycles. The molecule has 0 spiro atoms. The van der Waals surface area contributed by atoms with Crippen LogP contribution in [0.4, 0.5) is 13.2 Å². The molecule has 1 aliphatic rings. The Hall–Kier alpha value is -1.07. The minimum absolute atomic E-state index is 0. The molecule has 2 N–H and O–H groups in total. The molecule has 0 aromatic heterocycles. The fraction of sp³-hybridized carbons (Fsp3) is 0.650. The van der Waals surface area contributed by atoms with Crippen molar-refractivity contribution in [3.05, 3.63) is 35.4 Å². The van der Waals surface area contributed by atoms with Crippen molar-refractivity contribution < 1.29 is 13.2 Å². The van der Waals surface area contributed by atoms with Crippen LogP contribution in [0.2, 0.25) is 0 Å². The average Bonchev–Trinajstić information content (AvgIpc) is 2.62. The van der Waals surface area contributed by atoms with Gasteiger partial charge in [0.15, 0.2) is 5.96 Å². The quantitative estimate of drug-likeness (QED) is 0.325. The van der Waals surface area contributed by atoms with Crippen LogP contribution in [-0.2, 0) is 6.54 Å². The molecule has 1 heterocycles. The smallest absolute Gasteiger partial charge is 0.355 e. The van der Waals surface area contributed by atoms with Gasteiger partial charge in [0.1, 0.15) is 0 Å². The first kappa shape index (κ1) is 26.0. The van der Waals surface area contributed by atoms with E-state index in [0.29, 0.717) is 25.1 Å². The minimum Gasteiger partial charge on any atom is -0.355 e. The Labute approximate surface area is 189 Å². The Balaban J connectivity index is 0.00000420. The number of nitrogens with zero attached hydrogens (tertiary/aromatic N) is 3. The highest BCUT2D eigenvalue weighted by Gasteiger charge is 2.28. The second-order valence-corrected chi connectivity index (χ2v) is 7.47. The van der Waals surface area contributed by atoms with Crippen molar-refractivity contribution in [3.8, 4) is 0 Å². The average molecular weight is 527 g/mol. The first-order valence-corrected chi connectivity index (χ1v) is 9.76. The predicted octanol–water partition coefficient (Wildman–Crippen LogP) is 3.24. The summed E-state index contributed by atoms with van der Waals surface area (Å²) in [5.41, 5.74) is 2.69. The summed E-state index contributed by atoms with van der Waals surface area (Å²) < 4.78 is 37.1. The van der Waals surface area contributed by atoms with E-state index >= 15 is 0 Å². The number of nitrogens with one attached hydrogen (secondary N) is 2. The molecule has 1 aromatic rings. The van der Waals surface area contributed by atoms with Gasteiger partial charge in [0.25, 0.3) is 0 Å². The third-order valence-electron chi connectivity index (χ3n) is 5.04. The van der Waals surface area contributed by atoms with Crippen molar-refractivity contribution in [2.45, 2.75) is 38.5 Å². The first-order valence-electron chi connectivity index (χ1n) is 9.76. The highest BCUT2D eigenvalue weighted by atomic mass is 127. The molecule has 9 heteroatoms. The van der Waals surface area contributed by atoms with Crippen molar-refractivity contribution >= 4 is 29.9 Å². The normalized spacial score (nSPS) is 16.6. The Morgan fingerprint density at radius 1 is 1.24 bits per heavy atom. The molecule has 166 valence electrons. The van der Waals surface area contributed by atoms with Crippen LogP contribution in [0.3, 0.4) is 0 Å². The number of guanidine groups is 1. The highest BCUT2D eigenvalue weighted by molar-refractivity contribution is 14.0. The lowest BCUT2D eigenvalue weighted by molar-refractivity contribution is -0.142. The number of piperidine rings is 1. The maximum Gasteiger partial charge on any atom is 0.401 e. The van der Waals surface area contributed by atoms with Crippen LogP contribution >= 0.6 is 24.0 Å². The molecule has 1 aromatic carbocycles. The molecule has 1 saturated heterocycles. The maximum absolute atomic E-state index is 12.4. The van der Waals surface area contributed by atoms with Gasteiger partial charge >= 0.3 is 6.18 Å². The lowest BCUT2D eigenvalue weighted by Crippen LogP contribution is -2.49. The molecular formula is C20H33F3IN5. The zero-order chi connectivity index (χ0) is 20.6. The van der Waals surface area contributed by atoms with Gasteiger partial charge in [-0.05, 0) is 37.9 Å². The molecular weight excluding hydrogens is 494 g/mol. The molecule has 0 unspecified atom stereocenters. The van der Waals surface area contributed by atoms with Crippen LogP contribution in [0.15, 0.2) is 29.3 Å². The highest BCUT2D eigenvalue weighted by Crippen LogP contribution is 2.16. The number of likely N-dealkylation sites (N-methyl/N-ethyl adjacent to an activating group) is 1. The SMILES string of the molecule is CN=C(NCCN(C)CC(F)(F)F)NC1CCN(Cc2ccccc2C)CC1.I. The van der Waals surface area contributed by atoms with E-state index in [-0.39, 0.29) is 24.0 Å². The maximum atomic E-state index is 12.4. The molecule has 5 nitrogen and oxygen atoms in total. The van der Waals surface area contributed by atoms with E-state index in [1.54, 1.807) is 7.05 Å². The number of halogens is 4. The van der Waals surface area contributed by atoms with E-state index in [1.165, 1.54) is 23.1 Å². The zero-order valence-electron chi connectivity index (χ0n) is 17.4. The Morgan fingerprint density at radius 2 is 1.90 bits per heavy atom. The number of hydrogen-bond acceptors (Lipinski definition) is 3. The second kappa shape index (κ2) is 12.6. The largest absolute Gasteiger partial charge is 0.401 e. The van der Waals surface area contributed by atoms with Gasteiger partial charge in [0.2, 0.25) is 0 Å². The monoisotopic (exact) mass is 527 g/mol. The van der Waals surface area contributed by atoms with E-state index in [1.807, 2.05) is 0 Å². The van der Waals surface area contributed by atoms with Crippen molar-refractivity contribution in [2.24, 2.45) is 4.99 Å². The second-order valence-electron chi connectivity index (χ2n) is 7.47. The third kappa shape index (κ3) is 9.99. The van der Waals surface area contributed by atoms with E-state index in [0.717, 1.165) is 32.5 Å². The van der Waals surface area contributed by atoms with Gasteiger partial charge in [0.05, 0.1) is 6.54 Å². The van der Waals surface area contributed by atoms with Gasteiger partial charge in [0, 0.05) is 45.8 Å². The third-order valence-corrected chi connectivity index (χ3v) is 5.04. The van der Waals surface area contributed by atoms with Gasteiger partial charge < -0.3 is 10.6 Å². The summed E-state index contributed by atoms with van der Waals surface area (Å²) in [7, 11) is 3.15. The molecule has 0 aliphatic carbocycles. The molecule has 0 atom stereocenters. The predicted molar refractivity (Wildman–Crippen MR) is 123 cm³/mol. The Morgan fingerprint density at radius 3 is 2.48 bits per heavy atom. The first-order chi connectivity index (χ1) is 13.3. The summed E-state index contributed by atoms with van der Waals surface area (Å²) in [5, 5.41) is 6.50. The fourth-order valence-electron chi connectivity index (χ4n) is 3.40. The van der Waals surface area contributed by atoms with Crippen molar-refractivity contribution in [1.82, 2.24) is 20.4 Å². The van der Waals surface area contributed by atoms with E-state index < -0.39 is 12.7 Å².